The maximum absolute atomic E-state index is 11.8. The third-order valence-corrected chi connectivity index (χ3v) is 3.13. The van der Waals surface area contributed by atoms with Crippen molar-refractivity contribution in [2.45, 2.75) is 57.6 Å². The molecular formula is C12H21NO4. The molecule has 1 saturated carbocycles. The molecule has 0 aliphatic heterocycles. The third-order valence-electron chi connectivity index (χ3n) is 3.13. The molecule has 1 unspecified atom stereocenters. The Kier molecular flexibility index (Phi) is 4.93. The highest BCUT2D eigenvalue weighted by atomic mass is 16.5. The van der Waals surface area contributed by atoms with Gasteiger partial charge in [-0.25, -0.2) is 4.79 Å². The number of carbonyl (C=O) groups excluding carboxylic acids is 2. The van der Waals surface area contributed by atoms with Crippen molar-refractivity contribution in [3.63, 3.8) is 0 Å². The Labute approximate surface area is 102 Å². The van der Waals surface area contributed by atoms with Crippen molar-refractivity contribution in [1.82, 2.24) is 5.32 Å². The summed E-state index contributed by atoms with van der Waals surface area (Å²) in [6.07, 6.45) is 3.84. The smallest absolute Gasteiger partial charge is 0.331 e. The van der Waals surface area contributed by atoms with Crippen LogP contribution in [0.2, 0.25) is 0 Å². The molecule has 0 spiro atoms. The summed E-state index contributed by atoms with van der Waals surface area (Å²) in [7, 11) is 0. The van der Waals surface area contributed by atoms with Gasteiger partial charge in [-0.15, -0.1) is 0 Å². The molecule has 0 aromatic heterocycles. The highest BCUT2D eigenvalue weighted by Gasteiger charge is 2.43. The number of amides is 1. The largest absolute Gasteiger partial charge is 0.464 e. The van der Waals surface area contributed by atoms with Gasteiger partial charge in [-0.05, 0) is 19.8 Å². The van der Waals surface area contributed by atoms with Gasteiger partial charge in [0.1, 0.15) is 0 Å². The molecule has 1 amide bonds. The number of hydrogen-bond donors (Lipinski definition) is 2. The quantitative estimate of drug-likeness (QED) is 0.714. The second-order valence-corrected chi connectivity index (χ2v) is 4.55. The summed E-state index contributed by atoms with van der Waals surface area (Å²) >= 11 is 0. The minimum Gasteiger partial charge on any atom is -0.464 e. The summed E-state index contributed by atoms with van der Waals surface area (Å²) in [5.41, 5.74) is -1.16. The van der Waals surface area contributed by atoms with Gasteiger partial charge in [-0.1, -0.05) is 19.3 Å². The van der Waals surface area contributed by atoms with Gasteiger partial charge in [-0.3, -0.25) is 4.79 Å². The van der Waals surface area contributed by atoms with Gasteiger partial charge < -0.3 is 15.2 Å². The maximum Gasteiger partial charge on any atom is 0.331 e. The van der Waals surface area contributed by atoms with E-state index < -0.39 is 17.6 Å². The zero-order valence-electron chi connectivity index (χ0n) is 10.5. The minimum atomic E-state index is -1.16. The Morgan fingerprint density at radius 3 is 2.41 bits per heavy atom. The average Bonchev–Trinajstić information content (AvgIpc) is 2.27. The van der Waals surface area contributed by atoms with E-state index in [9.17, 15) is 14.7 Å². The lowest BCUT2D eigenvalue weighted by Gasteiger charge is -2.37. The first kappa shape index (κ1) is 14.0. The molecule has 2 N–H and O–H groups in total. The number of carbonyl (C=O) groups is 2. The van der Waals surface area contributed by atoms with E-state index in [1.807, 2.05) is 0 Å². The number of ether oxygens (including phenoxy) is 1. The number of rotatable bonds is 4. The van der Waals surface area contributed by atoms with E-state index in [4.69, 9.17) is 4.74 Å². The lowest BCUT2D eigenvalue weighted by molar-refractivity contribution is -0.157. The van der Waals surface area contributed by atoms with Crippen LogP contribution in [0.5, 0.6) is 0 Å². The van der Waals surface area contributed by atoms with Crippen LogP contribution in [0, 0.1) is 0 Å². The van der Waals surface area contributed by atoms with Crippen molar-refractivity contribution in [3.8, 4) is 0 Å². The molecule has 0 radical (unpaired) electrons. The van der Waals surface area contributed by atoms with Gasteiger partial charge in [0.05, 0.1) is 12.2 Å². The van der Waals surface area contributed by atoms with Crippen LogP contribution in [-0.4, -0.2) is 35.2 Å². The Balaban J connectivity index is 2.79. The van der Waals surface area contributed by atoms with Crippen molar-refractivity contribution in [2.75, 3.05) is 6.61 Å². The van der Waals surface area contributed by atoms with Crippen molar-refractivity contribution >= 4 is 11.9 Å². The van der Waals surface area contributed by atoms with E-state index in [-0.39, 0.29) is 12.5 Å². The van der Waals surface area contributed by atoms with E-state index in [1.165, 1.54) is 6.92 Å². The van der Waals surface area contributed by atoms with Crippen molar-refractivity contribution in [3.05, 3.63) is 0 Å². The molecule has 1 fully saturated rings. The van der Waals surface area contributed by atoms with Gasteiger partial charge >= 0.3 is 5.97 Å². The zero-order valence-corrected chi connectivity index (χ0v) is 10.5. The number of aliphatic hydroxyl groups is 1. The molecule has 5 heteroatoms. The number of nitrogens with one attached hydrogen (secondary N) is 1. The third kappa shape index (κ3) is 3.70. The molecule has 1 atom stereocenters. The Morgan fingerprint density at radius 2 is 1.94 bits per heavy atom. The Hall–Kier alpha value is -1.10. The van der Waals surface area contributed by atoms with Crippen LogP contribution >= 0.6 is 0 Å². The SMILES string of the molecule is CCOC(=O)C(NC(C)=O)C1(O)CCCCC1. The second-order valence-electron chi connectivity index (χ2n) is 4.55. The fourth-order valence-corrected chi connectivity index (χ4v) is 2.29. The lowest BCUT2D eigenvalue weighted by atomic mass is 9.79. The van der Waals surface area contributed by atoms with Crippen LogP contribution in [0.4, 0.5) is 0 Å². The van der Waals surface area contributed by atoms with Crippen LogP contribution in [0.3, 0.4) is 0 Å². The topological polar surface area (TPSA) is 75.6 Å². The average molecular weight is 243 g/mol. The van der Waals surface area contributed by atoms with Crippen LogP contribution in [0.15, 0.2) is 0 Å². The Morgan fingerprint density at radius 1 is 1.35 bits per heavy atom. The van der Waals surface area contributed by atoms with Crippen LogP contribution in [0.25, 0.3) is 0 Å². The van der Waals surface area contributed by atoms with Crippen molar-refractivity contribution < 1.29 is 19.4 Å². The van der Waals surface area contributed by atoms with Gasteiger partial charge in [0.15, 0.2) is 6.04 Å². The summed E-state index contributed by atoms with van der Waals surface area (Å²) in [5, 5.41) is 13.0. The molecule has 0 saturated heterocycles. The molecule has 1 aliphatic carbocycles. The van der Waals surface area contributed by atoms with E-state index in [0.29, 0.717) is 12.8 Å². The van der Waals surface area contributed by atoms with E-state index in [0.717, 1.165) is 19.3 Å². The van der Waals surface area contributed by atoms with Gasteiger partial charge in [0.25, 0.3) is 0 Å². The summed E-state index contributed by atoms with van der Waals surface area (Å²) in [5.74, 6) is -0.880. The molecule has 1 rings (SSSR count). The maximum atomic E-state index is 11.8. The van der Waals surface area contributed by atoms with Crippen LogP contribution in [-0.2, 0) is 14.3 Å². The molecule has 98 valence electrons. The Bertz CT molecular complexity index is 284. The fraction of sp³-hybridized carbons (Fsp3) is 0.833. The van der Waals surface area contributed by atoms with Crippen LogP contribution < -0.4 is 5.32 Å². The van der Waals surface area contributed by atoms with Gasteiger partial charge in [-0.2, -0.15) is 0 Å². The molecule has 0 heterocycles. The molecule has 17 heavy (non-hydrogen) atoms. The summed E-state index contributed by atoms with van der Waals surface area (Å²) in [6, 6.07) is -0.944. The first-order chi connectivity index (χ1) is 7.99. The van der Waals surface area contributed by atoms with Crippen molar-refractivity contribution in [2.24, 2.45) is 0 Å². The molecule has 0 bridgehead atoms. The molecule has 1 aliphatic rings. The summed E-state index contributed by atoms with van der Waals surface area (Å²) < 4.78 is 4.91. The first-order valence-corrected chi connectivity index (χ1v) is 6.15. The normalized spacial score (nSPS) is 20.4. The number of hydrogen-bond acceptors (Lipinski definition) is 4. The van der Waals surface area contributed by atoms with Crippen LogP contribution in [0.1, 0.15) is 46.0 Å². The molecule has 0 aromatic carbocycles. The predicted octanol–water partition coefficient (Wildman–Crippen LogP) is 0.749. The summed E-state index contributed by atoms with van der Waals surface area (Å²) in [6.45, 7) is 3.27. The monoisotopic (exact) mass is 243 g/mol. The predicted molar refractivity (Wildman–Crippen MR) is 62.3 cm³/mol. The van der Waals surface area contributed by atoms with Crippen molar-refractivity contribution in [1.29, 1.82) is 0 Å². The fourth-order valence-electron chi connectivity index (χ4n) is 2.29. The van der Waals surface area contributed by atoms with E-state index in [1.54, 1.807) is 6.92 Å². The molecular weight excluding hydrogens is 222 g/mol. The zero-order chi connectivity index (χ0) is 12.9. The van der Waals surface area contributed by atoms with E-state index >= 15 is 0 Å². The number of esters is 1. The standard InChI is InChI=1S/C12H21NO4/c1-3-17-11(15)10(13-9(2)14)12(16)7-5-4-6-8-12/h10,16H,3-8H2,1-2H3,(H,13,14). The highest BCUT2D eigenvalue weighted by Crippen LogP contribution is 2.31. The first-order valence-electron chi connectivity index (χ1n) is 6.15. The van der Waals surface area contributed by atoms with Gasteiger partial charge in [0.2, 0.25) is 5.91 Å². The summed E-state index contributed by atoms with van der Waals surface area (Å²) in [4.78, 5) is 22.9. The molecule has 0 aromatic rings. The minimum absolute atomic E-state index is 0.241. The lowest BCUT2D eigenvalue weighted by Crippen LogP contribution is -2.58. The molecule has 5 nitrogen and oxygen atoms in total. The van der Waals surface area contributed by atoms with Gasteiger partial charge in [0, 0.05) is 6.92 Å². The highest BCUT2D eigenvalue weighted by molar-refractivity contribution is 5.84. The van der Waals surface area contributed by atoms with E-state index in [2.05, 4.69) is 5.32 Å². The second kappa shape index (κ2) is 6.00.